The Morgan fingerprint density at radius 3 is 2.67 bits per heavy atom. The lowest BCUT2D eigenvalue weighted by Gasteiger charge is -1.94. The largest absolute Gasteiger partial charge is 0.298 e. The zero-order valence-corrected chi connectivity index (χ0v) is 6.91. The Hall–Kier alpha value is -1.13. The summed E-state index contributed by atoms with van der Waals surface area (Å²) in [5.41, 5.74) is 0.467. The average molecular weight is 187 g/mol. The molecule has 0 fully saturated rings. The van der Waals surface area contributed by atoms with E-state index in [-0.39, 0.29) is 10.6 Å². The Balaban J connectivity index is 3.21. The summed E-state index contributed by atoms with van der Waals surface area (Å²) < 4.78 is 0. The molecule has 0 aliphatic heterocycles. The second-order valence-electron chi connectivity index (χ2n) is 2.24. The Morgan fingerprint density at radius 1 is 1.50 bits per heavy atom. The van der Waals surface area contributed by atoms with Gasteiger partial charge >= 0.3 is 0 Å². The molecule has 1 aromatic rings. The van der Waals surface area contributed by atoms with Gasteiger partial charge < -0.3 is 0 Å². The van der Waals surface area contributed by atoms with Crippen molar-refractivity contribution in [3.8, 4) is 0 Å². The second kappa shape index (κ2) is 3.51. The molecule has 0 aromatic heterocycles. The number of halogens is 1. The van der Waals surface area contributed by atoms with Gasteiger partial charge in [0.1, 0.15) is 6.61 Å². The van der Waals surface area contributed by atoms with E-state index < -0.39 is 6.61 Å². The first-order valence-electron chi connectivity index (χ1n) is 3.23. The van der Waals surface area contributed by atoms with Crippen LogP contribution in [-0.4, -0.2) is 4.87 Å². The number of nitroso groups, excluding NO2 is 1. The Morgan fingerprint density at radius 2 is 2.17 bits per heavy atom. The summed E-state index contributed by atoms with van der Waals surface area (Å²) in [7, 11) is 0. The zero-order valence-electron chi connectivity index (χ0n) is 6.16. The van der Waals surface area contributed by atoms with Crippen LogP contribution in [0.5, 0.6) is 0 Å². The van der Waals surface area contributed by atoms with E-state index in [4.69, 9.17) is 17.4 Å². The fourth-order valence-electron chi connectivity index (χ4n) is 0.864. The van der Waals surface area contributed by atoms with Crippen LogP contribution in [0.3, 0.4) is 0 Å². The normalized spacial score (nSPS) is 9.83. The summed E-state index contributed by atoms with van der Waals surface area (Å²) in [6.45, 7) is -0.484. The third-order valence-corrected chi connectivity index (χ3v) is 1.68. The van der Waals surface area contributed by atoms with Crippen molar-refractivity contribution >= 4 is 17.3 Å². The molecule has 1 radical (unpaired) electrons. The number of hydrazine groups is 1. The van der Waals surface area contributed by atoms with E-state index in [9.17, 15) is 10.0 Å². The molecule has 0 amide bonds. The van der Waals surface area contributed by atoms with Gasteiger partial charge in [0, 0.05) is 11.1 Å². The van der Waals surface area contributed by atoms with Gasteiger partial charge in [0.25, 0.3) is 5.69 Å². The van der Waals surface area contributed by atoms with Crippen LogP contribution in [0.25, 0.3) is 0 Å². The smallest absolute Gasteiger partial charge is 0.231 e. The number of nitrogens with zero attached hydrogens (tertiary/aromatic N) is 1. The Labute approximate surface area is 74.1 Å². The molecule has 1 aromatic carbocycles. The van der Waals surface area contributed by atoms with Gasteiger partial charge in [0.2, 0.25) is 0 Å². The molecule has 0 saturated heterocycles. The maximum absolute atomic E-state index is 10.7. The standard InChI is InChI=1S/C7H7ClN2O2/c8-6-2-1-5(4-11)7(3-6)10(9)12/h1-3H,4H2,(H2,9,12)/q+1. The molecule has 4 nitrogen and oxygen atoms in total. The minimum atomic E-state index is -0.484. The molecule has 0 atom stereocenters. The first kappa shape index (κ1) is 8.96. The number of hydrogen-bond donors (Lipinski definition) is 1. The van der Waals surface area contributed by atoms with E-state index in [2.05, 4.69) is 0 Å². The fraction of sp³-hybridized carbons (Fsp3) is 0.143. The second-order valence-corrected chi connectivity index (χ2v) is 2.68. The van der Waals surface area contributed by atoms with Crippen LogP contribution in [0.1, 0.15) is 5.56 Å². The SMILES string of the molecule is N[N+](=O)c1cc(Cl)ccc1C[O]. The molecule has 0 bridgehead atoms. The van der Waals surface area contributed by atoms with Crippen LogP contribution in [0.2, 0.25) is 5.02 Å². The van der Waals surface area contributed by atoms with Crippen molar-refractivity contribution in [3.05, 3.63) is 33.7 Å². The maximum atomic E-state index is 10.7. The topological polar surface area (TPSA) is 66.0 Å². The van der Waals surface area contributed by atoms with E-state index in [1.807, 2.05) is 0 Å². The summed E-state index contributed by atoms with van der Waals surface area (Å²) in [4.78, 5) is 10.8. The first-order chi connectivity index (χ1) is 5.65. The van der Waals surface area contributed by atoms with E-state index in [1.165, 1.54) is 12.1 Å². The van der Waals surface area contributed by atoms with Gasteiger partial charge in [0.15, 0.2) is 4.87 Å². The average Bonchev–Trinajstić information content (AvgIpc) is 2.04. The number of hydrogen-bond acceptors (Lipinski definition) is 1. The van der Waals surface area contributed by atoms with E-state index in [1.54, 1.807) is 6.07 Å². The highest BCUT2D eigenvalue weighted by molar-refractivity contribution is 6.30. The lowest BCUT2D eigenvalue weighted by molar-refractivity contribution is -0.475. The third-order valence-electron chi connectivity index (χ3n) is 1.44. The molecular formula is C7H7ClN2O2+. The fourth-order valence-corrected chi connectivity index (χ4v) is 1.03. The Kier molecular flexibility index (Phi) is 2.62. The van der Waals surface area contributed by atoms with Gasteiger partial charge in [0.05, 0.1) is 10.5 Å². The zero-order chi connectivity index (χ0) is 9.14. The quantitative estimate of drug-likeness (QED) is 0.433. The molecule has 0 spiro atoms. The lowest BCUT2D eigenvalue weighted by atomic mass is 10.2. The molecule has 0 saturated carbocycles. The van der Waals surface area contributed by atoms with Gasteiger partial charge in [-0.15, -0.1) is 0 Å². The van der Waals surface area contributed by atoms with Crippen molar-refractivity contribution in [1.29, 1.82) is 0 Å². The number of benzene rings is 1. The van der Waals surface area contributed by atoms with Crippen molar-refractivity contribution in [2.24, 2.45) is 5.84 Å². The minimum Gasteiger partial charge on any atom is -0.231 e. The Bertz CT molecular complexity index is 314. The summed E-state index contributed by atoms with van der Waals surface area (Å²) in [6.07, 6.45) is 0. The molecule has 5 heteroatoms. The molecule has 12 heavy (non-hydrogen) atoms. The minimum absolute atomic E-state index is 0.123. The molecule has 0 unspecified atom stereocenters. The predicted octanol–water partition coefficient (Wildman–Crippen LogP) is 1.55. The maximum Gasteiger partial charge on any atom is 0.298 e. The van der Waals surface area contributed by atoms with Gasteiger partial charge in [-0.25, -0.2) is 5.11 Å². The lowest BCUT2D eigenvalue weighted by Crippen LogP contribution is -2.10. The van der Waals surface area contributed by atoms with Gasteiger partial charge in [-0.05, 0) is 12.1 Å². The van der Waals surface area contributed by atoms with Crippen molar-refractivity contribution in [1.82, 2.24) is 0 Å². The highest BCUT2D eigenvalue weighted by atomic mass is 35.5. The monoisotopic (exact) mass is 186 g/mol. The molecule has 0 heterocycles. The van der Waals surface area contributed by atoms with E-state index in [0.29, 0.717) is 10.6 Å². The first-order valence-corrected chi connectivity index (χ1v) is 3.61. The molecule has 1 rings (SSSR count). The van der Waals surface area contributed by atoms with Crippen LogP contribution in [0.15, 0.2) is 18.2 Å². The molecule has 0 aliphatic carbocycles. The summed E-state index contributed by atoms with van der Waals surface area (Å²) in [6, 6.07) is 4.39. The van der Waals surface area contributed by atoms with Crippen LogP contribution in [0, 0.1) is 4.91 Å². The van der Waals surface area contributed by atoms with Crippen LogP contribution < -0.4 is 5.84 Å². The molecule has 2 N–H and O–H groups in total. The van der Waals surface area contributed by atoms with E-state index in [0.717, 1.165) is 0 Å². The van der Waals surface area contributed by atoms with Gasteiger partial charge in [-0.2, -0.15) is 5.84 Å². The van der Waals surface area contributed by atoms with Gasteiger partial charge in [-0.3, -0.25) is 0 Å². The van der Waals surface area contributed by atoms with Gasteiger partial charge in [-0.1, -0.05) is 11.6 Å². The predicted molar refractivity (Wildman–Crippen MR) is 43.3 cm³/mol. The highest BCUT2D eigenvalue weighted by Crippen LogP contribution is 2.21. The van der Waals surface area contributed by atoms with Crippen LogP contribution >= 0.6 is 11.6 Å². The van der Waals surface area contributed by atoms with Crippen molar-refractivity contribution in [2.75, 3.05) is 0 Å². The third kappa shape index (κ3) is 1.72. The van der Waals surface area contributed by atoms with Crippen molar-refractivity contribution < 1.29 is 9.98 Å². The van der Waals surface area contributed by atoms with Crippen molar-refractivity contribution in [3.63, 3.8) is 0 Å². The summed E-state index contributed by atoms with van der Waals surface area (Å²) in [5.74, 6) is 4.94. The summed E-state index contributed by atoms with van der Waals surface area (Å²) in [5, 5.41) is 10.9. The summed E-state index contributed by atoms with van der Waals surface area (Å²) >= 11 is 5.59. The molecule has 0 aliphatic rings. The number of rotatable bonds is 2. The van der Waals surface area contributed by atoms with E-state index >= 15 is 0 Å². The van der Waals surface area contributed by atoms with Crippen molar-refractivity contribution in [2.45, 2.75) is 6.61 Å². The van der Waals surface area contributed by atoms with Crippen LogP contribution in [0.4, 0.5) is 5.69 Å². The molecule has 63 valence electrons. The number of nitrogens with two attached hydrogens (primary N) is 1. The van der Waals surface area contributed by atoms with Crippen LogP contribution in [-0.2, 0) is 11.7 Å². The highest BCUT2D eigenvalue weighted by Gasteiger charge is 2.15. The molecular weight excluding hydrogens is 180 g/mol.